The molecule has 6 aromatic rings. The highest BCUT2D eigenvalue weighted by Crippen LogP contribution is 2.39. The van der Waals surface area contributed by atoms with Crippen LogP contribution in [0.1, 0.15) is 11.1 Å². The van der Waals surface area contributed by atoms with Gasteiger partial charge in [0, 0.05) is 0 Å². The van der Waals surface area contributed by atoms with Gasteiger partial charge in [-0.05, 0) is 39.8 Å². The summed E-state index contributed by atoms with van der Waals surface area (Å²) in [7, 11) is 0. The third kappa shape index (κ3) is 2.71. The topological polar surface area (TPSA) is 18.2 Å². The van der Waals surface area contributed by atoms with Crippen LogP contribution in [0.5, 0.6) is 0 Å². The Morgan fingerprint density at radius 1 is 0.886 bits per heavy atom. The van der Waals surface area contributed by atoms with Gasteiger partial charge in [0.2, 0.25) is 5.69 Å². The summed E-state index contributed by atoms with van der Waals surface area (Å²) in [5.74, 6) is -0.326. The van der Waals surface area contributed by atoms with E-state index in [4.69, 9.17) is 4.42 Å². The largest absolute Gasteiger partial charge is 0.324 e. The second kappa shape index (κ2) is 7.21. The summed E-state index contributed by atoms with van der Waals surface area (Å²) >= 11 is 0. The molecule has 0 saturated heterocycles. The third-order valence-corrected chi connectivity index (χ3v) is 6.94. The van der Waals surface area contributed by atoms with E-state index in [2.05, 4.69) is 37.9 Å². The van der Waals surface area contributed by atoms with Crippen molar-refractivity contribution in [2.75, 3.05) is 0 Å². The highest BCUT2D eigenvalue weighted by atomic mass is 19.1. The van der Waals surface area contributed by atoms with E-state index in [9.17, 15) is 0 Å². The molecule has 0 spiro atoms. The van der Waals surface area contributed by atoms with Gasteiger partial charge in [0.1, 0.15) is 23.1 Å². The summed E-state index contributed by atoms with van der Waals surface area (Å²) in [5.41, 5.74) is 5.60. The standard InChI is InChI=1S/C31H21FN2O/c1-19-14-15-22-23-16-17-24(32)29(31(23)35-30(22)28(19)27-13-7-8-18-33(27)2)34-25-11-5-3-9-20(25)21-10-4-6-12-26(21)34/h3-18H,2H2,1H3. The summed E-state index contributed by atoms with van der Waals surface area (Å²) in [5, 5.41) is 3.99. The Labute approximate surface area is 201 Å². The fourth-order valence-electron chi connectivity index (χ4n) is 5.36. The third-order valence-electron chi connectivity index (χ3n) is 6.94. The molecule has 168 valence electrons. The molecule has 1 aliphatic rings. The summed E-state index contributed by atoms with van der Waals surface area (Å²) in [6.45, 7) is 6.21. The fourth-order valence-corrected chi connectivity index (χ4v) is 5.36. The molecule has 4 heteroatoms. The molecule has 0 amide bonds. The Kier molecular flexibility index (Phi) is 4.09. The second-order valence-corrected chi connectivity index (χ2v) is 8.93. The average Bonchev–Trinajstić information content (AvgIpc) is 3.41. The van der Waals surface area contributed by atoms with E-state index in [-0.39, 0.29) is 5.82 Å². The lowest BCUT2D eigenvalue weighted by molar-refractivity contribution is -0.537. The molecule has 0 aliphatic carbocycles. The first kappa shape index (κ1) is 19.9. The van der Waals surface area contributed by atoms with Gasteiger partial charge in [-0.2, -0.15) is 0 Å². The van der Waals surface area contributed by atoms with Crippen LogP contribution in [-0.2, 0) is 0 Å². The highest BCUT2D eigenvalue weighted by molar-refractivity contribution is 6.10. The lowest BCUT2D eigenvalue weighted by Crippen LogP contribution is -2.31. The molecular weight excluding hydrogens is 435 g/mol. The molecule has 7 rings (SSSR count). The number of halogens is 1. The highest BCUT2D eigenvalue weighted by Gasteiger charge is 2.29. The number of nitrogens with zero attached hydrogens (tertiary/aromatic N) is 2. The molecule has 0 N–H and O–H groups in total. The number of hydrogen-bond acceptors (Lipinski definition) is 0. The van der Waals surface area contributed by atoms with Gasteiger partial charge in [0.15, 0.2) is 6.04 Å². The Morgan fingerprint density at radius 2 is 1.74 bits per heavy atom. The van der Waals surface area contributed by atoms with Gasteiger partial charge in [-0.25, -0.2) is 4.57 Å². The van der Waals surface area contributed by atoms with Gasteiger partial charge in [-0.3, -0.25) is 13.4 Å². The van der Waals surface area contributed by atoms with E-state index in [0.717, 1.165) is 55.3 Å². The van der Waals surface area contributed by atoms with Gasteiger partial charge < -0.3 is 0 Å². The number of hydrogen-bond donors (Lipinski definition) is 0. The van der Waals surface area contributed by atoms with Crippen LogP contribution in [0.15, 0.2) is 102 Å². The van der Waals surface area contributed by atoms with Crippen LogP contribution in [0, 0.1) is 18.8 Å². The minimum Gasteiger partial charge on any atom is -0.285 e. The Hall–Kier alpha value is -4.57. The molecule has 2 aromatic heterocycles. The number of fused-ring (bicyclic) bond motifs is 6. The molecule has 0 fully saturated rings. The molecule has 0 saturated carbocycles. The first-order chi connectivity index (χ1) is 17.1. The van der Waals surface area contributed by atoms with E-state index in [1.54, 1.807) is 6.07 Å². The molecule has 0 atom stereocenters. The van der Waals surface area contributed by atoms with Crippen LogP contribution < -0.4 is 4.57 Å². The predicted molar refractivity (Wildman–Crippen MR) is 139 cm³/mol. The number of aromatic nitrogens is 1. The SMILES string of the molecule is C=[N+]1C=CC=C[C-]1c1c(C)ccc2c1[o+][c-]1c(-[n+]3c4ccccc4c4cccc[c-]43)c(F)ccc21. The Bertz CT molecular complexity index is 1850. The van der Waals surface area contributed by atoms with Crippen LogP contribution in [0.4, 0.5) is 4.39 Å². The second-order valence-electron chi connectivity index (χ2n) is 8.93. The monoisotopic (exact) mass is 456 g/mol. The van der Waals surface area contributed by atoms with Crippen molar-refractivity contribution >= 4 is 50.5 Å². The van der Waals surface area contributed by atoms with Crippen molar-refractivity contribution in [3.63, 3.8) is 0 Å². The molecule has 3 nitrogen and oxygen atoms in total. The van der Waals surface area contributed by atoms with E-state index in [1.807, 2.05) is 76.0 Å². The maximum atomic E-state index is 15.7. The van der Waals surface area contributed by atoms with Crippen LogP contribution in [-0.4, -0.2) is 11.3 Å². The molecule has 35 heavy (non-hydrogen) atoms. The Balaban J connectivity index is 1.62. The van der Waals surface area contributed by atoms with Crippen molar-refractivity contribution in [1.29, 1.82) is 0 Å². The zero-order chi connectivity index (χ0) is 23.7. The first-order valence-corrected chi connectivity index (χ1v) is 11.6. The molecule has 3 heterocycles. The number of aryl methyl sites for hydroxylation is 1. The van der Waals surface area contributed by atoms with Crippen molar-refractivity contribution in [3.8, 4) is 5.69 Å². The fraction of sp³-hybridized carbons (Fsp3) is 0.0323. The van der Waals surface area contributed by atoms with Crippen molar-refractivity contribution in [1.82, 2.24) is 0 Å². The maximum absolute atomic E-state index is 15.7. The zero-order valence-corrected chi connectivity index (χ0v) is 19.1. The number of para-hydroxylation sites is 2. The predicted octanol–water partition coefficient (Wildman–Crippen LogP) is 7.01. The van der Waals surface area contributed by atoms with Crippen LogP contribution in [0.2, 0.25) is 0 Å². The van der Waals surface area contributed by atoms with E-state index in [0.29, 0.717) is 11.3 Å². The normalized spacial score (nSPS) is 13.8. The van der Waals surface area contributed by atoms with Crippen molar-refractivity contribution in [2.45, 2.75) is 6.92 Å². The van der Waals surface area contributed by atoms with Crippen molar-refractivity contribution in [3.05, 3.63) is 120 Å². The first-order valence-electron chi connectivity index (χ1n) is 11.6. The van der Waals surface area contributed by atoms with Gasteiger partial charge in [-0.15, -0.1) is 30.3 Å². The lowest BCUT2D eigenvalue weighted by atomic mass is 9.96. The van der Waals surface area contributed by atoms with Crippen LogP contribution in [0.3, 0.4) is 0 Å². The van der Waals surface area contributed by atoms with Crippen molar-refractivity contribution in [2.24, 2.45) is 0 Å². The Morgan fingerprint density at radius 3 is 2.63 bits per heavy atom. The van der Waals surface area contributed by atoms with Gasteiger partial charge in [0.05, 0.1) is 12.3 Å². The molecule has 1 aliphatic heterocycles. The summed E-state index contributed by atoms with van der Waals surface area (Å²) in [4.78, 5) is 0. The number of benzene rings is 4. The maximum Gasteiger partial charge on any atom is 0.324 e. The summed E-state index contributed by atoms with van der Waals surface area (Å²) in [6, 6.07) is 24.7. The summed E-state index contributed by atoms with van der Waals surface area (Å²) in [6.07, 6.45) is 7.87. The number of allylic oxidation sites excluding steroid dienone is 2. The minimum atomic E-state index is -0.326. The van der Waals surface area contributed by atoms with Crippen LogP contribution >= 0.6 is 0 Å². The number of rotatable bonds is 2. The lowest BCUT2D eigenvalue weighted by Gasteiger charge is -2.16. The quantitative estimate of drug-likeness (QED) is 0.156. The smallest absolute Gasteiger partial charge is 0.285 e. The molecule has 4 aromatic carbocycles. The number of furan rings is 1. The zero-order valence-electron chi connectivity index (χ0n) is 19.1. The molecule has 0 radical (unpaired) electrons. The van der Waals surface area contributed by atoms with Gasteiger partial charge >= 0.3 is 5.58 Å². The summed E-state index contributed by atoms with van der Waals surface area (Å²) < 4.78 is 26.2. The average molecular weight is 457 g/mol. The van der Waals surface area contributed by atoms with Gasteiger partial charge in [0.25, 0.3) is 5.58 Å². The minimum absolute atomic E-state index is 0.326. The molecule has 0 bridgehead atoms. The molecular formula is C31H21FN2O. The van der Waals surface area contributed by atoms with E-state index in [1.165, 1.54) is 0 Å². The van der Waals surface area contributed by atoms with Crippen LogP contribution in [0.25, 0.3) is 49.4 Å². The van der Waals surface area contributed by atoms with E-state index < -0.39 is 0 Å². The van der Waals surface area contributed by atoms with Gasteiger partial charge in [-0.1, -0.05) is 55.0 Å². The molecule has 0 unspecified atom stereocenters. The van der Waals surface area contributed by atoms with Crippen molar-refractivity contribution < 1.29 is 18.0 Å². The van der Waals surface area contributed by atoms with E-state index >= 15 is 4.39 Å².